The van der Waals surface area contributed by atoms with Crippen LogP contribution in [0.4, 0.5) is 5.69 Å². The summed E-state index contributed by atoms with van der Waals surface area (Å²) in [6, 6.07) is 17.6. The lowest BCUT2D eigenvalue weighted by Crippen LogP contribution is -2.16. The van der Waals surface area contributed by atoms with Gasteiger partial charge in [0.25, 0.3) is 11.5 Å². The molecule has 2 aromatic carbocycles. The number of amides is 1. The summed E-state index contributed by atoms with van der Waals surface area (Å²) in [5.41, 5.74) is 2.49. The molecule has 1 amide bonds. The maximum Gasteiger partial charge on any atom is 0.275 e. The number of carbonyl (C=O) groups excluding carboxylic acids is 1. The van der Waals surface area contributed by atoms with Gasteiger partial charge in [0.05, 0.1) is 5.69 Å². The fourth-order valence-electron chi connectivity index (χ4n) is 3.06. The summed E-state index contributed by atoms with van der Waals surface area (Å²) in [6.07, 6.45) is 1.51. The molecular formula is C24H19N5O3S. The summed E-state index contributed by atoms with van der Waals surface area (Å²) in [7, 11) is 0. The zero-order valence-electron chi connectivity index (χ0n) is 17.9. The maximum absolute atomic E-state index is 12.5. The summed E-state index contributed by atoms with van der Waals surface area (Å²) in [4.78, 5) is 29.5. The second-order valence-electron chi connectivity index (χ2n) is 7.20. The van der Waals surface area contributed by atoms with Crippen LogP contribution in [-0.2, 0) is 11.4 Å². The average molecular weight is 458 g/mol. The molecule has 0 atom stereocenters. The molecule has 164 valence electrons. The minimum Gasteiger partial charge on any atom is -0.487 e. The Morgan fingerprint density at radius 3 is 2.70 bits per heavy atom. The lowest BCUT2D eigenvalue weighted by Gasteiger charge is -2.08. The molecule has 0 radical (unpaired) electrons. The number of nitrogens with one attached hydrogen (secondary N) is 1. The average Bonchev–Trinajstić information content (AvgIpc) is 3.19. The molecule has 0 fully saturated rings. The first kappa shape index (κ1) is 21.9. The largest absolute Gasteiger partial charge is 0.487 e. The van der Waals surface area contributed by atoms with Crippen molar-refractivity contribution in [2.24, 2.45) is 0 Å². The van der Waals surface area contributed by atoms with Gasteiger partial charge in [-0.3, -0.25) is 9.59 Å². The molecule has 33 heavy (non-hydrogen) atoms. The highest BCUT2D eigenvalue weighted by Gasteiger charge is 2.11. The van der Waals surface area contributed by atoms with Gasteiger partial charge in [-0.15, -0.1) is 0 Å². The van der Waals surface area contributed by atoms with Crippen LogP contribution in [0.1, 0.15) is 21.8 Å². The Morgan fingerprint density at radius 2 is 1.97 bits per heavy atom. The van der Waals surface area contributed by atoms with Crippen molar-refractivity contribution < 1.29 is 9.53 Å². The Morgan fingerprint density at radius 1 is 1.21 bits per heavy atom. The number of carbonyl (C=O) groups is 1. The van der Waals surface area contributed by atoms with Crippen molar-refractivity contribution in [2.45, 2.75) is 20.5 Å². The van der Waals surface area contributed by atoms with Gasteiger partial charge < -0.3 is 10.1 Å². The van der Waals surface area contributed by atoms with Crippen LogP contribution in [0, 0.1) is 25.2 Å². The predicted molar refractivity (Wildman–Crippen MR) is 126 cm³/mol. The van der Waals surface area contributed by atoms with Crippen LogP contribution >= 0.6 is 11.3 Å². The number of rotatable bonds is 6. The summed E-state index contributed by atoms with van der Waals surface area (Å²) >= 11 is 1.33. The van der Waals surface area contributed by atoms with E-state index in [0.717, 1.165) is 10.6 Å². The van der Waals surface area contributed by atoms with E-state index in [9.17, 15) is 14.9 Å². The van der Waals surface area contributed by atoms with Crippen LogP contribution < -0.4 is 15.6 Å². The summed E-state index contributed by atoms with van der Waals surface area (Å²) in [5, 5.41) is 17.1. The quantitative estimate of drug-likeness (QED) is 0.347. The summed E-state index contributed by atoms with van der Waals surface area (Å²) < 4.78 is 7.01. The highest BCUT2D eigenvalue weighted by atomic mass is 32.1. The van der Waals surface area contributed by atoms with Gasteiger partial charge in [-0.25, -0.2) is 4.98 Å². The molecule has 2 heterocycles. The predicted octanol–water partition coefficient (Wildman–Crippen LogP) is 3.89. The maximum atomic E-state index is 12.5. The number of anilines is 1. The van der Waals surface area contributed by atoms with E-state index in [4.69, 9.17) is 4.74 Å². The minimum absolute atomic E-state index is 0.00949. The van der Waals surface area contributed by atoms with Gasteiger partial charge in [0.2, 0.25) is 4.96 Å². The molecule has 0 saturated carbocycles. The van der Waals surface area contributed by atoms with E-state index in [1.54, 1.807) is 30.3 Å². The SMILES string of the molecule is Cc1nn2c(=O)cc(COc3ccc(/C=C(\C#N)C(=O)Nc4ccccc4C)cc3)nc2s1. The Hall–Kier alpha value is -4.29. The zero-order chi connectivity index (χ0) is 23.4. The molecule has 0 spiro atoms. The van der Waals surface area contributed by atoms with Crippen molar-refractivity contribution in [1.29, 1.82) is 5.26 Å². The van der Waals surface area contributed by atoms with E-state index in [0.29, 0.717) is 27.7 Å². The molecule has 0 aliphatic heterocycles. The highest BCUT2D eigenvalue weighted by Crippen LogP contribution is 2.18. The van der Waals surface area contributed by atoms with Crippen molar-refractivity contribution in [3.05, 3.63) is 92.4 Å². The van der Waals surface area contributed by atoms with Crippen LogP contribution in [0.3, 0.4) is 0 Å². The van der Waals surface area contributed by atoms with E-state index < -0.39 is 5.91 Å². The Balaban J connectivity index is 1.43. The highest BCUT2D eigenvalue weighted by molar-refractivity contribution is 7.16. The first-order valence-corrected chi connectivity index (χ1v) is 10.8. The number of hydrogen-bond donors (Lipinski definition) is 1. The van der Waals surface area contributed by atoms with Crippen molar-refractivity contribution in [1.82, 2.24) is 14.6 Å². The number of fused-ring (bicyclic) bond motifs is 1. The van der Waals surface area contributed by atoms with Crippen LogP contribution in [0.5, 0.6) is 5.75 Å². The van der Waals surface area contributed by atoms with E-state index in [-0.39, 0.29) is 17.7 Å². The van der Waals surface area contributed by atoms with Gasteiger partial charge in [0, 0.05) is 11.8 Å². The number of aryl methyl sites for hydroxylation is 2. The molecule has 4 aromatic rings. The summed E-state index contributed by atoms with van der Waals surface area (Å²) in [5.74, 6) is 0.0932. The van der Waals surface area contributed by atoms with E-state index in [1.807, 2.05) is 38.1 Å². The lowest BCUT2D eigenvalue weighted by molar-refractivity contribution is -0.112. The third-order valence-electron chi connectivity index (χ3n) is 4.74. The van der Waals surface area contributed by atoms with Gasteiger partial charge in [-0.05, 0) is 49.2 Å². The number of para-hydroxylation sites is 1. The molecule has 4 rings (SSSR count). The smallest absolute Gasteiger partial charge is 0.275 e. The Bertz CT molecular complexity index is 1460. The van der Waals surface area contributed by atoms with E-state index in [1.165, 1.54) is 28.0 Å². The number of nitrogens with zero attached hydrogens (tertiary/aromatic N) is 4. The van der Waals surface area contributed by atoms with E-state index in [2.05, 4.69) is 15.4 Å². The Kier molecular flexibility index (Phi) is 6.29. The molecule has 0 aliphatic carbocycles. The zero-order valence-corrected chi connectivity index (χ0v) is 18.7. The Labute approximate surface area is 193 Å². The van der Waals surface area contributed by atoms with Crippen LogP contribution in [0.15, 0.2) is 65.0 Å². The van der Waals surface area contributed by atoms with Crippen LogP contribution in [0.25, 0.3) is 11.0 Å². The number of hydrogen-bond acceptors (Lipinski definition) is 7. The van der Waals surface area contributed by atoms with Gasteiger partial charge in [0.1, 0.15) is 29.0 Å². The molecule has 0 unspecified atom stereocenters. The second-order valence-corrected chi connectivity index (χ2v) is 8.36. The van der Waals surface area contributed by atoms with Gasteiger partial charge >= 0.3 is 0 Å². The van der Waals surface area contributed by atoms with Crippen molar-refractivity contribution in [3.8, 4) is 11.8 Å². The third kappa shape index (κ3) is 5.14. The second kappa shape index (κ2) is 9.46. The molecule has 1 N–H and O–H groups in total. The lowest BCUT2D eigenvalue weighted by atomic mass is 10.1. The molecule has 2 aromatic heterocycles. The molecule has 0 saturated heterocycles. The van der Waals surface area contributed by atoms with Crippen LogP contribution in [-0.4, -0.2) is 20.5 Å². The number of ether oxygens (including phenoxy) is 1. The summed E-state index contributed by atoms with van der Waals surface area (Å²) in [6.45, 7) is 3.82. The van der Waals surface area contributed by atoms with E-state index >= 15 is 0 Å². The number of benzene rings is 2. The fraction of sp³-hybridized carbons (Fsp3) is 0.125. The van der Waals surface area contributed by atoms with Gasteiger partial charge in [-0.1, -0.05) is 41.7 Å². The molecular weight excluding hydrogens is 438 g/mol. The molecule has 8 nitrogen and oxygen atoms in total. The standard InChI is InChI=1S/C24H19N5O3S/c1-15-5-3-4-6-21(15)27-23(31)18(13-25)11-17-7-9-20(10-8-17)32-14-19-12-22(30)29-24(26-19)33-16(2)28-29/h3-12H,14H2,1-2H3,(H,27,31)/b18-11+. The third-order valence-corrected chi connectivity index (χ3v) is 5.56. The van der Waals surface area contributed by atoms with Crippen molar-refractivity contribution in [3.63, 3.8) is 0 Å². The fourth-order valence-corrected chi connectivity index (χ4v) is 3.83. The normalized spacial score (nSPS) is 11.2. The first-order valence-electron chi connectivity index (χ1n) is 10.0. The van der Waals surface area contributed by atoms with Gasteiger partial charge in [-0.2, -0.15) is 14.9 Å². The van der Waals surface area contributed by atoms with Crippen molar-refractivity contribution in [2.75, 3.05) is 5.32 Å². The topological polar surface area (TPSA) is 109 Å². The first-order chi connectivity index (χ1) is 15.9. The molecule has 9 heteroatoms. The number of aromatic nitrogens is 3. The molecule has 0 aliphatic rings. The van der Waals surface area contributed by atoms with Crippen molar-refractivity contribution >= 4 is 34.0 Å². The monoisotopic (exact) mass is 457 g/mol. The number of nitriles is 1. The van der Waals surface area contributed by atoms with Gasteiger partial charge in [0.15, 0.2) is 0 Å². The van der Waals surface area contributed by atoms with Crippen LogP contribution in [0.2, 0.25) is 0 Å². The molecule has 0 bridgehead atoms. The minimum atomic E-state index is -0.474.